The monoisotopic (exact) mass is 229 g/mol. The van der Waals surface area contributed by atoms with Gasteiger partial charge in [-0.15, -0.1) is 8.78 Å². The average molecular weight is 229 g/mol. The van der Waals surface area contributed by atoms with Gasteiger partial charge in [0.25, 0.3) is 0 Å². The van der Waals surface area contributed by atoms with Crippen LogP contribution in [0.25, 0.3) is 0 Å². The van der Waals surface area contributed by atoms with Gasteiger partial charge in [-0.2, -0.15) is 0 Å². The molecular weight excluding hydrogens is 216 g/mol. The molecule has 2 N–H and O–H groups in total. The first-order valence-electron chi connectivity index (χ1n) is 5.11. The predicted molar refractivity (Wildman–Crippen MR) is 55.1 cm³/mol. The van der Waals surface area contributed by atoms with E-state index in [1.165, 1.54) is 12.1 Å². The van der Waals surface area contributed by atoms with Crippen molar-refractivity contribution in [2.45, 2.75) is 19.1 Å². The maximum atomic E-state index is 13.1. The first-order chi connectivity index (χ1) is 7.55. The summed E-state index contributed by atoms with van der Waals surface area (Å²) < 4.78 is 35.1. The van der Waals surface area contributed by atoms with Crippen LogP contribution in [0.15, 0.2) is 24.3 Å². The summed E-state index contributed by atoms with van der Waals surface area (Å²) in [4.78, 5) is 0. The number of nitrogens with two attached hydrogens (primary N) is 1. The first-order valence-corrected chi connectivity index (χ1v) is 5.11. The van der Waals surface area contributed by atoms with Crippen LogP contribution in [0.4, 0.5) is 14.5 Å². The fourth-order valence-corrected chi connectivity index (χ4v) is 1.24. The van der Waals surface area contributed by atoms with Gasteiger partial charge < -0.3 is 10.5 Å². The van der Waals surface area contributed by atoms with Gasteiger partial charge in [-0.1, -0.05) is 6.07 Å². The molecule has 0 aliphatic heterocycles. The second kappa shape index (κ2) is 4.25. The molecule has 2 rings (SSSR count). The molecule has 1 fully saturated rings. The smallest absolute Gasteiger partial charge is 0.409 e. The number of rotatable bonds is 5. The molecule has 0 amide bonds. The Bertz CT molecular complexity index is 367. The first kappa shape index (κ1) is 11.1. The molecular formula is C11H13F2NO2. The number of ether oxygens (including phenoxy) is 2. The van der Waals surface area contributed by atoms with E-state index in [9.17, 15) is 8.78 Å². The summed E-state index contributed by atoms with van der Waals surface area (Å²) in [6.45, 7) is 0.0370. The number of benzene rings is 1. The molecule has 3 nitrogen and oxygen atoms in total. The van der Waals surface area contributed by atoms with Gasteiger partial charge in [-0.3, -0.25) is 4.74 Å². The van der Waals surface area contributed by atoms with Crippen molar-refractivity contribution in [2.75, 3.05) is 12.3 Å². The number of anilines is 1. The maximum Gasteiger partial charge on any atom is 0.535 e. The van der Waals surface area contributed by atoms with Crippen molar-refractivity contribution >= 4 is 5.69 Å². The van der Waals surface area contributed by atoms with Crippen LogP contribution in [0.1, 0.15) is 12.8 Å². The third-order valence-corrected chi connectivity index (χ3v) is 2.28. The second-order valence-corrected chi connectivity index (χ2v) is 3.89. The van der Waals surface area contributed by atoms with Crippen LogP contribution in [0, 0.1) is 5.92 Å². The summed E-state index contributed by atoms with van der Waals surface area (Å²) in [5.41, 5.74) is 5.81. The second-order valence-electron chi connectivity index (χ2n) is 3.89. The van der Waals surface area contributed by atoms with Crippen molar-refractivity contribution in [3.63, 3.8) is 0 Å². The topological polar surface area (TPSA) is 44.5 Å². The van der Waals surface area contributed by atoms with E-state index in [-0.39, 0.29) is 18.3 Å². The standard InChI is InChI=1S/C11H13F2NO2/c12-11(13,15-7-8-4-5-8)16-10-3-1-2-9(14)6-10/h1-3,6,8H,4-5,7,14H2. The summed E-state index contributed by atoms with van der Waals surface area (Å²) in [5.74, 6) is 0.260. The van der Waals surface area contributed by atoms with Crippen molar-refractivity contribution in [3.8, 4) is 5.75 Å². The molecule has 0 saturated heterocycles. The number of hydrogen-bond acceptors (Lipinski definition) is 3. The van der Waals surface area contributed by atoms with Gasteiger partial charge in [0.05, 0.1) is 6.61 Å². The molecule has 0 radical (unpaired) electrons. The SMILES string of the molecule is Nc1cccc(OC(F)(F)OCC2CC2)c1. The highest BCUT2D eigenvalue weighted by atomic mass is 19.3. The molecule has 0 bridgehead atoms. The normalized spacial score (nSPS) is 16.1. The lowest BCUT2D eigenvalue weighted by molar-refractivity contribution is -0.354. The lowest BCUT2D eigenvalue weighted by Gasteiger charge is -2.17. The Kier molecular flexibility index (Phi) is 2.96. The molecule has 0 atom stereocenters. The molecule has 0 unspecified atom stereocenters. The van der Waals surface area contributed by atoms with Crippen molar-refractivity contribution in [2.24, 2.45) is 5.92 Å². The Balaban J connectivity index is 1.90. The molecule has 1 aromatic rings. The van der Waals surface area contributed by atoms with Gasteiger partial charge in [0.2, 0.25) is 0 Å². The molecule has 88 valence electrons. The van der Waals surface area contributed by atoms with E-state index in [4.69, 9.17) is 5.73 Å². The zero-order valence-corrected chi connectivity index (χ0v) is 8.66. The lowest BCUT2D eigenvalue weighted by atomic mass is 10.3. The summed E-state index contributed by atoms with van der Waals surface area (Å²) in [6.07, 6.45) is -1.68. The number of halogens is 2. The lowest BCUT2D eigenvalue weighted by Crippen LogP contribution is -2.29. The predicted octanol–water partition coefficient (Wildman–Crippen LogP) is 2.62. The molecule has 5 heteroatoms. The minimum atomic E-state index is -3.59. The average Bonchev–Trinajstić information content (AvgIpc) is 2.97. The quantitative estimate of drug-likeness (QED) is 0.623. The number of nitrogen functional groups attached to an aromatic ring is 1. The van der Waals surface area contributed by atoms with Gasteiger partial charge >= 0.3 is 6.29 Å². The number of hydrogen-bond donors (Lipinski definition) is 1. The van der Waals surface area contributed by atoms with Crippen LogP contribution in [0.2, 0.25) is 0 Å². The third-order valence-electron chi connectivity index (χ3n) is 2.28. The summed E-state index contributed by atoms with van der Waals surface area (Å²) >= 11 is 0. The Morgan fingerprint density at radius 1 is 1.38 bits per heavy atom. The summed E-state index contributed by atoms with van der Waals surface area (Å²) in [6, 6.07) is 5.87. The highest BCUT2D eigenvalue weighted by Gasteiger charge is 2.36. The fourth-order valence-electron chi connectivity index (χ4n) is 1.24. The Hall–Kier alpha value is -1.36. The van der Waals surface area contributed by atoms with E-state index in [2.05, 4.69) is 9.47 Å². The van der Waals surface area contributed by atoms with Crippen LogP contribution in [0.5, 0.6) is 5.75 Å². The van der Waals surface area contributed by atoms with Gasteiger partial charge in [0.1, 0.15) is 5.75 Å². The van der Waals surface area contributed by atoms with Crippen molar-refractivity contribution in [1.29, 1.82) is 0 Å². The molecule has 0 aromatic heterocycles. The van der Waals surface area contributed by atoms with E-state index < -0.39 is 6.29 Å². The molecule has 0 spiro atoms. The van der Waals surface area contributed by atoms with Gasteiger partial charge in [-0.05, 0) is 30.9 Å². The molecule has 1 aliphatic rings. The van der Waals surface area contributed by atoms with Gasteiger partial charge in [0, 0.05) is 11.8 Å². The van der Waals surface area contributed by atoms with Crippen LogP contribution in [-0.2, 0) is 4.74 Å². The summed E-state index contributed by atoms with van der Waals surface area (Å²) in [5, 5.41) is 0. The molecule has 1 aromatic carbocycles. The van der Waals surface area contributed by atoms with Crippen molar-refractivity contribution in [1.82, 2.24) is 0 Å². The fraction of sp³-hybridized carbons (Fsp3) is 0.455. The molecule has 16 heavy (non-hydrogen) atoms. The zero-order chi connectivity index (χ0) is 11.6. The third kappa shape index (κ3) is 3.34. The Morgan fingerprint density at radius 3 is 2.75 bits per heavy atom. The maximum absolute atomic E-state index is 13.1. The van der Waals surface area contributed by atoms with E-state index in [1.54, 1.807) is 12.1 Å². The largest absolute Gasteiger partial charge is 0.535 e. The zero-order valence-electron chi connectivity index (χ0n) is 8.66. The van der Waals surface area contributed by atoms with Crippen LogP contribution in [-0.4, -0.2) is 12.9 Å². The Morgan fingerprint density at radius 2 is 2.12 bits per heavy atom. The van der Waals surface area contributed by atoms with Crippen LogP contribution < -0.4 is 10.5 Å². The van der Waals surface area contributed by atoms with Crippen LogP contribution >= 0.6 is 0 Å². The van der Waals surface area contributed by atoms with E-state index in [1.807, 2.05) is 0 Å². The van der Waals surface area contributed by atoms with E-state index >= 15 is 0 Å². The van der Waals surface area contributed by atoms with Gasteiger partial charge in [0.15, 0.2) is 0 Å². The molecule has 0 heterocycles. The van der Waals surface area contributed by atoms with Crippen molar-refractivity contribution < 1.29 is 18.3 Å². The Labute approximate surface area is 92.1 Å². The highest BCUT2D eigenvalue weighted by molar-refractivity contribution is 5.43. The minimum Gasteiger partial charge on any atom is -0.409 e. The minimum absolute atomic E-state index is 0.000738. The molecule has 1 saturated carbocycles. The van der Waals surface area contributed by atoms with Gasteiger partial charge in [-0.25, -0.2) is 0 Å². The molecule has 1 aliphatic carbocycles. The van der Waals surface area contributed by atoms with E-state index in [0.717, 1.165) is 12.8 Å². The summed E-state index contributed by atoms with van der Waals surface area (Å²) in [7, 11) is 0. The van der Waals surface area contributed by atoms with Crippen molar-refractivity contribution in [3.05, 3.63) is 24.3 Å². The van der Waals surface area contributed by atoms with E-state index in [0.29, 0.717) is 5.69 Å². The van der Waals surface area contributed by atoms with Crippen LogP contribution in [0.3, 0.4) is 0 Å². The number of alkyl halides is 2. The highest BCUT2D eigenvalue weighted by Crippen LogP contribution is 2.32.